The zero-order valence-corrected chi connectivity index (χ0v) is 14.2. The van der Waals surface area contributed by atoms with E-state index in [9.17, 15) is 5.11 Å². The Bertz CT molecular complexity index is 702. The number of aliphatic hydroxyl groups is 1. The van der Waals surface area contributed by atoms with Crippen LogP contribution in [0.1, 0.15) is 50.3 Å². The van der Waals surface area contributed by atoms with Crippen LogP contribution in [0, 0.1) is 0 Å². The zero-order valence-electron chi connectivity index (χ0n) is 14.2. The molecule has 0 spiro atoms. The van der Waals surface area contributed by atoms with Crippen molar-refractivity contribution in [2.45, 2.75) is 50.0 Å². The molecule has 0 radical (unpaired) electrons. The van der Waals surface area contributed by atoms with Crippen LogP contribution in [0.4, 0.5) is 0 Å². The minimum atomic E-state index is -0.455. The Kier molecular flexibility index (Phi) is 4.14. The van der Waals surface area contributed by atoms with Gasteiger partial charge in [-0.3, -0.25) is 0 Å². The molecule has 2 aliphatic rings. The van der Waals surface area contributed by atoms with Gasteiger partial charge in [0.25, 0.3) is 0 Å². The smallest absolute Gasteiger partial charge is 0.231 e. The molecule has 0 bridgehead atoms. The van der Waals surface area contributed by atoms with Gasteiger partial charge >= 0.3 is 0 Å². The van der Waals surface area contributed by atoms with Crippen LogP contribution >= 0.6 is 0 Å². The van der Waals surface area contributed by atoms with Crippen LogP contribution in [0.15, 0.2) is 12.1 Å². The van der Waals surface area contributed by atoms with Crippen molar-refractivity contribution in [1.82, 2.24) is 24.7 Å². The van der Waals surface area contributed by atoms with Crippen LogP contribution in [0.25, 0.3) is 5.65 Å². The topological polar surface area (TPSA) is 75.8 Å². The van der Waals surface area contributed by atoms with E-state index in [4.69, 9.17) is 4.74 Å². The Labute approximate surface area is 141 Å². The van der Waals surface area contributed by atoms with Crippen molar-refractivity contribution in [3.8, 4) is 5.88 Å². The summed E-state index contributed by atoms with van der Waals surface area (Å²) in [5, 5.41) is 23.6. The molecule has 1 saturated heterocycles. The van der Waals surface area contributed by atoms with E-state index in [1.165, 1.54) is 0 Å². The van der Waals surface area contributed by atoms with E-state index in [0.29, 0.717) is 11.8 Å². The van der Waals surface area contributed by atoms with Gasteiger partial charge in [-0.15, -0.1) is 15.3 Å². The SMILES string of the molecule is COc1ccc2nnc(C3CCN(CC4(O)CCCC4)CC3)n2n1. The van der Waals surface area contributed by atoms with Crippen molar-refractivity contribution in [3.63, 3.8) is 0 Å². The summed E-state index contributed by atoms with van der Waals surface area (Å²) in [5.74, 6) is 1.85. The predicted molar refractivity (Wildman–Crippen MR) is 89.2 cm³/mol. The number of hydrogen-bond acceptors (Lipinski definition) is 6. The van der Waals surface area contributed by atoms with Gasteiger partial charge in [0.1, 0.15) is 0 Å². The maximum Gasteiger partial charge on any atom is 0.231 e. The highest BCUT2D eigenvalue weighted by atomic mass is 16.5. The fraction of sp³-hybridized carbons (Fsp3) is 0.706. The van der Waals surface area contributed by atoms with E-state index in [1.54, 1.807) is 13.2 Å². The number of ether oxygens (including phenoxy) is 1. The first-order valence-corrected chi connectivity index (χ1v) is 8.88. The number of fused-ring (bicyclic) bond motifs is 1. The van der Waals surface area contributed by atoms with Gasteiger partial charge in [0.2, 0.25) is 5.88 Å². The molecule has 2 aromatic rings. The summed E-state index contributed by atoms with van der Waals surface area (Å²) in [7, 11) is 1.62. The molecule has 0 aromatic carbocycles. The molecular weight excluding hydrogens is 306 g/mol. The van der Waals surface area contributed by atoms with Crippen molar-refractivity contribution >= 4 is 5.65 Å². The van der Waals surface area contributed by atoms with Gasteiger partial charge in [0, 0.05) is 18.5 Å². The van der Waals surface area contributed by atoms with Crippen molar-refractivity contribution in [1.29, 1.82) is 0 Å². The molecule has 130 valence electrons. The van der Waals surface area contributed by atoms with Gasteiger partial charge in [-0.2, -0.15) is 4.52 Å². The standard InChI is InChI=1S/C17H25N5O2/c1-24-15-5-4-14-18-19-16(22(14)20-15)13-6-10-21(11-7-13)12-17(23)8-2-3-9-17/h4-5,13,23H,2-3,6-12H2,1H3. The Balaban J connectivity index is 1.44. The van der Waals surface area contributed by atoms with Gasteiger partial charge in [0.15, 0.2) is 11.5 Å². The molecule has 7 heteroatoms. The molecule has 2 fully saturated rings. The average molecular weight is 331 g/mol. The number of aromatic nitrogens is 4. The first-order chi connectivity index (χ1) is 11.7. The molecule has 4 rings (SSSR count). The molecule has 0 unspecified atom stereocenters. The second-order valence-electron chi connectivity index (χ2n) is 7.19. The Morgan fingerprint density at radius 2 is 1.96 bits per heavy atom. The highest BCUT2D eigenvalue weighted by molar-refractivity contribution is 5.38. The highest BCUT2D eigenvalue weighted by Gasteiger charge is 2.35. The summed E-state index contributed by atoms with van der Waals surface area (Å²) in [4.78, 5) is 2.40. The van der Waals surface area contributed by atoms with E-state index in [-0.39, 0.29) is 0 Å². The van der Waals surface area contributed by atoms with Crippen molar-refractivity contribution < 1.29 is 9.84 Å². The quantitative estimate of drug-likeness (QED) is 0.917. The molecule has 24 heavy (non-hydrogen) atoms. The first-order valence-electron chi connectivity index (χ1n) is 8.88. The second-order valence-corrected chi connectivity index (χ2v) is 7.19. The van der Waals surface area contributed by atoms with Crippen molar-refractivity contribution in [3.05, 3.63) is 18.0 Å². The lowest BCUT2D eigenvalue weighted by Gasteiger charge is -2.36. The lowest BCUT2D eigenvalue weighted by molar-refractivity contribution is 0.00273. The van der Waals surface area contributed by atoms with E-state index >= 15 is 0 Å². The van der Waals surface area contributed by atoms with Crippen LogP contribution in [0.5, 0.6) is 5.88 Å². The van der Waals surface area contributed by atoms with Gasteiger partial charge in [-0.05, 0) is 44.8 Å². The lowest BCUT2D eigenvalue weighted by atomic mass is 9.94. The van der Waals surface area contributed by atoms with Crippen molar-refractivity contribution in [2.24, 2.45) is 0 Å². The van der Waals surface area contributed by atoms with E-state index in [1.807, 2.05) is 10.6 Å². The predicted octanol–water partition coefficient (Wildman–Crippen LogP) is 1.62. The summed E-state index contributed by atoms with van der Waals surface area (Å²) >= 11 is 0. The number of rotatable bonds is 4. The minimum Gasteiger partial charge on any atom is -0.480 e. The van der Waals surface area contributed by atoms with Crippen LogP contribution in [-0.2, 0) is 0 Å². The molecule has 1 aliphatic heterocycles. The normalized spacial score (nSPS) is 22.2. The molecule has 2 aromatic heterocycles. The summed E-state index contributed by atoms with van der Waals surface area (Å²) in [5.41, 5.74) is 0.303. The third-order valence-electron chi connectivity index (χ3n) is 5.48. The fourth-order valence-corrected chi connectivity index (χ4v) is 4.11. The van der Waals surface area contributed by atoms with Gasteiger partial charge in [-0.25, -0.2) is 0 Å². The molecule has 3 heterocycles. The maximum atomic E-state index is 10.6. The number of nitrogens with zero attached hydrogens (tertiary/aromatic N) is 5. The summed E-state index contributed by atoms with van der Waals surface area (Å²) in [6.45, 7) is 2.80. The molecule has 0 amide bonds. The van der Waals surface area contributed by atoms with E-state index < -0.39 is 5.60 Å². The Hall–Kier alpha value is -1.73. The first kappa shape index (κ1) is 15.8. The second kappa shape index (κ2) is 6.29. The molecular formula is C17H25N5O2. The Morgan fingerprint density at radius 3 is 2.67 bits per heavy atom. The summed E-state index contributed by atoms with van der Waals surface area (Å²) in [6.07, 6.45) is 6.26. The van der Waals surface area contributed by atoms with Crippen LogP contribution < -0.4 is 4.74 Å². The number of β-amino-alcohol motifs (C(OH)–C–C–N with tert-alkyl or cyclic N) is 1. The maximum absolute atomic E-state index is 10.6. The monoisotopic (exact) mass is 331 g/mol. The number of hydrogen-bond donors (Lipinski definition) is 1. The van der Waals surface area contributed by atoms with E-state index in [0.717, 1.165) is 69.6 Å². The molecule has 0 atom stereocenters. The third kappa shape index (κ3) is 2.98. The number of methoxy groups -OCH3 is 1. The van der Waals surface area contributed by atoms with Crippen LogP contribution in [-0.4, -0.2) is 62.2 Å². The summed E-state index contributed by atoms with van der Waals surface area (Å²) in [6, 6.07) is 3.69. The minimum absolute atomic E-state index is 0.356. The van der Waals surface area contributed by atoms with Crippen LogP contribution in [0.3, 0.4) is 0 Å². The van der Waals surface area contributed by atoms with Crippen molar-refractivity contribution in [2.75, 3.05) is 26.7 Å². The highest BCUT2D eigenvalue weighted by Crippen LogP contribution is 2.33. The number of likely N-dealkylation sites (tertiary alicyclic amines) is 1. The lowest BCUT2D eigenvalue weighted by Crippen LogP contribution is -2.44. The largest absolute Gasteiger partial charge is 0.480 e. The molecule has 1 N–H and O–H groups in total. The molecule has 7 nitrogen and oxygen atoms in total. The zero-order chi connectivity index (χ0) is 16.6. The summed E-state index contributed by atoms with van der Waals surface area (Å²) < 4.78 is 7.02. The Morgan fingerprint density at radius 1 is 1.21 bits per heavy atom. The molecule has 1 saturated carbocycles. The fourth-order valence-electron chi connectivity index (χ4n) is 4.11. The molecule has 1 aliphatic carbocycles. The van der Waals surface area contributed by atoms with Gasteiger partial charge in [0.05, 0.1) is 12.7 Å². The van der Waals surface area contributed by atoms with Crippen LogP contribution in [0.2, 0.25) is 0 Å². The average Bonchev–Trinajstić information content (AvgIpc) is 3.21. The van der Waals surface area contributed by atoms with Gasteiger partial charge in [-0.1, -0.05) is 12.8 Å². The third-order valence-corrected chi connectivity index (χ3v) is 5.48. The number of piperidine rings is 1. The van der Waals surface area contributed by atoms with Gasteiger partial charge < -0.3 is 14.7 Å². The van der Waals surface area contributed by atoms with E-state index in [2.05, 4.69) is 20.2 Å².